The van der Waals surface area contributed by atoms with Gasteiger partial charge >= 0.3 is 0 Å². The van der Waals surface area contributed by atoms with Crippen LogP contribution in [0, 0.1) is 0 Å². The first-order chi connectivity index (χ1) is 8.19. The van der Waals surface area contributed by atoms with Gasteiger partial charge in [-0.05, 0) is 53.6 Å². The molecule has 1 fully saturated rings. The number of halogens is 1. The third-order valence-corrected chi connectivity index (χ3v) is 4.57. The summed E-state index contributed by atoms with van der Waals surface area (Å²) in [5, 5.41) is 3.78. The highest BCUT2D eigenvalue weighted by atomic mass is 79.9. The second-order valence-electron chi connectivity index (χ2n) is 4.21. The van der Waals surface area contributed by atoms with Gasteiger partial charge in [0.25, 0.3) is 5.91 Å². The molecule has 3 nitrogen and oxygen atoms in total. The molecule has 0 spiro atoms. The van der Waals surface area contributed by atoms with E-state index in [1.807, 2.05) is 11.8 Å². The number of thioether (sulfide) groups is 1. The molecule has 1 amide bonds. The van der Waals surface area contributed by atoms with E-state index in [1.165, 1.54) is 6.42 Å². The van der Waals surface area contributed by atoms with Gasteiger partial charge in [0.15, 0.2) is 0 Å². The molecule has 2 rings (SSSR count). The van der Waals surface area contributed by atoms with Gasteiger partial charge in [0.1, 0.15) is 4.60 Å². The van der Waals surface area contributed by atoms with Crippen LogP contribution in [0.2, 0.25) is 0 Å². The summed E-state index contributed by atoms with van der Waals surface area (Å²) >= 11 is 5.16. The van der Waals surface area contributed by atoms with E-state index in [2.05, 4.69) is 32.5 Å². The zero-order valence-corrected chi connectivity index (χ0v) is 12.1. The summed E-state index contributed by atoms with van der Waals surface area (Å²) in [6, 6.07) is 3.81. The van der Waals surface area contributed by atoms with Crippen molar-refractivity contribution in [1.29, 1.82) is 0 Å². The van der Waals surface area contributed by atoms with Crippen LogP contribution < -0.4 is 5.32 Å². The molecule has 1 heterocycles. The predicted octanol–water partition coefficient (Wildman–Crippen LogP) is 2.86. The molecule has 0 aliphatic heterocycles. The molecule has 2 unspecified atom stereocenters. The van der Waals surface area contributed by atoms with Gasteiger partial charge in [-0.25, -0.2) is 4.98 Å². The van der Waals surface area contributed by atoms with Gasteiger partial charge in [-0.2, -0.15) is 11.8 Å². The average Bonchev–Trinajstić information content (AvgIpc) is 2.77. The van der Waals surface area contributed by atoms with Gasteiger partial charge in [0, 0.05) is 23.1 Å². The molecular weight excluding hydrogens is 300 g/mol. The predicted molar refractivity (Wildman–Crippen MR) is 74.3 cm³/mol. The minimum atomic E-state index is -0.000136. The van der Waals surface area contributed by atoms with E-state index in [0.717, 1.165) is 12.8 Å². The van der Waals surface area contributed by atoms with Crippen LogP contribution in [0.4, 0.5) is 0 Å². The minimum absolute atomic E-state index is 0.000136. The van der Waals surface area contributed by atoms with E-state index in [4.69, 9.17) is 0 Å². The summed E-state index contributed by atoms with van der Waals surface area (Å²) in [6.07, 6.45) is 7.14. The van der Waals surface area contributed by atoms with E-state index in [0.29, 0.717) is 21.5 Å². The van der Waals surface area contributed by atoms with Crippen molar-refractivity contribution in [3.8, 4) is 0 Å². The number of carbonyl (C=O) groups is 1. The van der Waals surface area contributed by atoms with Crippen molar-refractivity contribution in [2.75, 3.05) is 6.26 Å². The van der Waals surface area contributed by atoms with Gasteiger partial charge in [-0.1, -0.05) is 0 Å². The number of hydrogen-bond donors (Lipinski definition) is 1. The van der Waals surface area contributed by atoms with Gasteiger partial charge in [0.05, 0.1) is 0 Å². The highest BCUT2D eigenvalue weighted by Gasteiger charge is 2.25. The quantitative estimate of drug-likeness (QED) is 0.872. The summed E-state index contributed by atoms with van der Waals surface area (Å²) in [4.78, 5) is 16.0. The number of nitrogens with one attached hydrogen (secondary N) is 1. The van der Waals surface area contributed by atoms with Gasteiger partial charge in [-0.15, -0.1) is 0 Å². The lowest BCUT2D eigenvalue weighted by Gasteiger charge is -2.12. The summed E-state index contributed by atoms with van der Waals surface area (Å²) in [6.45, 7) is 0. The van der Waals surface area contributed by atoms with E-state index < -0.39 is 0 Å². The number of rotatable bonds is 3. The molecule has 1 N–H and O–H groups in total. The van der Waals surface area contributed by atoms with E-state index in [-0.39, 0.29) is 5.91 Å². The Morgan fingerprint density at radius 3 is 3.06 bits per heavy atom. The van der Waals surface area contributed by atoms with Gasteiger partial charge in [-0.3, -0.25) is 4.79 Å². The lowest BCUT2D eigenvalue weighted by molar-refractivity contribution is 0.0938. The van der Waals surface area contributed by atoms with Gasteiger partial charge in [0.2, 0.25) is 0 Å². The molecule has 1 saturated carbocycles. The van der Waals surface area contributed by atoms with E-state index in [1.54, 1.807) is 18.3 Å². The maximum atomic E-state index is 12.0. The summed E-state index contributed by atoms with van der Waals surface area (Å²) in [7, 11) is 0. The maximum absolute atomic E-state index is 12.0. The van der Waals surface area contributed by atoms with Gasteiger partial charge < -0.3 is 5.32 Å². The lowest BCUT2D eigenvalue weighted by atomic mass is 10.2. The van der Waals surface area contributed by atoms with Crippen LogP contribution in [0.15, 0.2) is 22.9 Å². The molecule has 0 bridgehead atoms. The largest absolute Gasteiger partial charge is 0.349 e. The molecule has 1 aliphatic carbocycles. The molecule has 17 heavy (non-hydrogen) atoms. The third-order valence-electron chi connectivity index (χ3n) is 3.04. The average molecular weight is 315 g/mol. The number of amides is 1. The Balaban J connectivity index is 1.94. The molecule has 1 aromatic heterocycles. The second kappa shape index (κ2) is 5.87. The fraction of sp³-hybridized carbons (Fsp3) is 0.500. The van der Waals surface area contributed by atoms with Crippen molar-refractivity contribution in [1.82, 2.24) is 10.3 Å². The second-order valence-corrected chi connectivity index (χ2v) is 6.16. The van der Waals surface area contributed by atoms with Crippen LogP contribution in [0.1, 0.15) is 29.6 Å². The Morgan fingerprint density at radius 1 is 1.59 bits per heavy atom. The Bertz CT molecular complexity index is 413. The summed E-state index contributed by atoms with van der Waals surface area (Å²) in [5.74, 6) is -0.000136. The molecule has 1 aromatic rings. The van der Waals surface area contributed by atoms with Crippen molar-refractivity contribution < 1.29 is 4.79 Å². The number of carbonyl (C=O) groups excluding carboxylic acids is 1. The first kappa shape index (κ1) is 12.9. The van der Waals surface area contributed by atoms with E-state index in [9.17, 15) is 4.79 Å². The molecule has 0 saturated heterocycles. The molecular formula is C12H15BrN2OS. The highest BCUT2D eigenvalue weighted by molar-refractivity contribution is 9.10. The topological polar surface area (TPSA) is 42.0 Å². The minimum Gasteiger partial charge on any atom is -0.349 e. The van der Waals surface area contributed by atoms with Crippen molar-refractivity contribution in [2.24, 2.45) is 0 Å². The molecule has 2 atom stereocenters. The molecule has 1 aliphatic rings. The van der Waals surface area contributed by atoms with Crippen LogP contribution in [0.25, 0.3) is 0 Å². The molecule has 0 radical (unpaired) electrons. The maximum Gasteiger partial charge on any atom is 0.251 e. The van der Waals surface area contributed by atoms with Crippen LogP contribution in [-0.2, 0) is 0 Å². The van der Waals surface area contributed by atoms with Crippen LogP contribution >= 0.6 is 27.7 Å². The highest BCUT2D eigenvalue weighted by Crippen LogP contribution is 2.28. The Morgan fingerprint density at radius 2 is 2.41 bits per heavy atom. The molecule has 0 aromatic carbocycles. The van der Waals surface area contributed by atoms with Crippen LogP contribution in [0.5, 0.6) is 0 Å². The standard InChI is InChI=1S/C12H15BrN2OS/c1-17-10-3-2-9(7-10)15-12(16)8-4-5-14-11(13)6-8/h4-6,9-10H,2-3,7H2,1H3,(H,15,16). The van der Waals surface area contributed by atoms with E-state index >= 15 is 0 Å². The normalized spacial score (nSPS) is 23.6. The number of pyridine rings is 1. The van der Waals surface area contributed by atoms with Crippen molar-refractivity contribution in [2.45, 2.75) is 30.6 Å². The van der Waals surface area contributed by atoms with Crippen LogP contribution in [-0.4, -0.2) is 28.4 Å². The summed E-state index contributed by atoms with van der Waals surface area (Å²) in [5.41, 5.74) is 0.666. The molecule has 5 heteroatoms. The van der Waals surface area contributed by atoms with Crippen molar-refractivity contribution in [3.05, 3.63) is 28.5 Å². The fourth-order valence-electron chi connectivity index (χ4n) is 2.10. The molecule has 92 valence electrons. The smallest absolute Gasteiger partial charge is 0.251 e. The Kier molecular flexibility index (Phi) is 4.45. The lowest BCUT2D eigenvalue weighted by Crippen LogP contribution is -2.33. The first-order valence-corrected chi connectivity index (χ1v) is 7.72. The third kappa shape index (κ3) is 3.45. The number of hydrogen-bond acceptors (Lipinski definition) is 3. The zero-order chi connectivity index (χ0) is 12.3. The van der Waals surface area contributed by atoms with Crippen molar-refractivity contribution >= 4 is 33.6 Å². The first-order valence-electron chi connectivity index (χ1n) is 5.64. The Labute approximate surface area is 114 Å². The SMILES string of the molecule is CSC1CCC(NC(=O)c2ccnc(Br)c2)C1. The fourth-order valence-corrected chi connectivity index (χ4v) is 3.26. The number of aromatic nitrogens is 1. The van der Waals surface area contributed by atoms with Crippen molar-refractivity contribution in [3.63, 3.8) is 0 Å². The Hall–Kier alpha value is -0.550. The number of nitrogens with zero attached hydrogens (tertiary/aromatic N) is 1. The van der Waals surface area contributed by atoms with Crippen LogP contribution in [0.3, 0.4) is 0 Å². The summed E-state index contributed by atoms with van der Waals surface area (Å²) < 4.78 is 0.693. The zero-order valence-electron chi connectivity index (χ0n) is 9.65. The monoisotopic (exact) mass is 314 g/mol.